The Kier molecular flexibility index (Phi) is 12.8. The molecule has 332 valence electrons. The van der Waals surface area contributed by atoms with E-state index in [9.17, 15) is 18.5 Å². The van der Waals surface area contributed by atoms with Gasteiger partial charge in [0.2, 0.25) is 11.9 Å². The van der Waals surface area contributed by atoms with Crippen LogP contribution >= 0.6 is 7.82 Å². The van der Waals surface area contributed by atoms with E-state index in [0.29, 0.717) is 57.1 Å². The maximum absolute atomic E-state index is 14.0. The molecule has 0 radical (unpaired) electrons. The SMILES string of the molecule is COc1cc(Nc2ncc(C)c(Nc3ccc4oc(=O)[nH]c4c3)n2)cc(C)c1F.COc1cc(Nc2ncc(C)c(Nc3ccc4oc(=O)n(COP(=O)(O)O)c4c3)n2)cc(C)c1C. The summed E-state index contributed by atoms with van der Waals surface area (Å²) in [6.07, 6.45) is 3.33. The van der Waals surface area contributed by atoms with Gasteiger partial charge in [-0.3, -0.25) is 9.51 Å². The molecule has 4 heterocycles. The molecule has 8 aromatic rings. The third-order valence-corrected chi connectivity index (χ3v) is 10.2. The van der Waals surface area contributed by atoms with E-state index in [0.717, 1.165) is 43.9 Å². The molecule has 22 heteroatoms. The normalized spacial score (nSPS) is 11.3. The van der Waals surface area contributed by atoms with E-state index in [4.69, 9.17) is 28.1 Å². The number of benzene rings is 4. The summed E-state index contributed by atoms with van der Waals surface area (Å²) in [5.41, 5.74) is 8.38. The van der Waals surface area contributed by atoms with Gasteiger partial charge in [-0.1, -0.05) is 0 Å². The molecule has 0 aliphatic carbocycles. The number of anilines is 8. The first-order valence-corrected chi connectivity index (χ1v) is 20.7. The van der Waals surface area contributed by atoms with E-state index < -0.39 is 31.9 Å². The van der Waals surface area contributed by atoms with E-state index in [1.165, 1.54) is 7.11 Å². The minimum Gasteiger partial charge on any atom is -0.496 e. The largest absolute Gasteiger partial charge is 0.496 e. The van der Waals surface area contributed by atoms with E-state index in [2.05, 4.69) is 50.7 Å². The van der Waals surface area contributed by atoms with Crippen LogP contribution in [0, 0.1) is 40.4 Å². The van der Waals surface area contributed by atoms with Crippen LogP contribution in [0.3, 0.4) is 0 Å². The van der Waals surface area contributed by atoms with Gasteiger partial charge in [-0.15, -0.1) is 0 Å². The Labute approximate surface area is 362 Å². The number of aryl methyl sites for hydroxylation is 4. The van der Waals surface area contributed by atoms with Crippen molar-refractivity contribution in [2.45, 2.75) is 41.3 Å². The third kappa shape index (κ3) is 10.4. The second-order valence-electron chi connectivity index (χ2n) is 14.3. The van der Waals surface area contributed by atoms with Crippen molar-refractivity contribution in [3.63, 3.8) is 0 Å². The second-order valence-corrected chi connectivity index (χ2v) is 15.6. The van der Waals surface area contributed by atoms with Crippen LogP contribution in [0.4, 0.5) is 50.7 Å². The molecule has 0 aliphatic rings. The Morgan fingerprint density at radius 1 is 0.703 bits per heavy atom. The number of nitrogens with one attached hydrogen (secondary N) is 5. The minimum atomic E-state index is -4.77. The molecule has 0 atom stereocenters. The van der Waals surface area contributed by atoms with Crippen molar-refractivity contribution >= 4 is 76.3 Å². The lowest BCUT2D eigenvalue weighted by atomic mass is 10.1. The molecule has 0 aliphatic heterocycles. The van der Waals surface area contributed by atoms with Gasteiger partial charge < -0.3 is 49.4 Å². The van der Waals surface area contributed by atoms with Crippen molar-refractivity contribution in [1.82, 2.24) is 29.5 Å². The lowest BCUT2D eigenvalue weighted by Crippen LogP contribution is -2.15. The standard InChI is InChI=1S/C22H24N5O7P.C20H18FN5O3/c1-12-7-16(9-19(32-4)14(12)3)25-21-23-10-13(2)20(26-21)24-15-5-6-18-17(8-15)27(22(28)34-18)11-33-35(29,30)31;1-10-6-13(8-16(28-3)17(10)21)24-19-22-9-11(2)18(26-19)23-12-4-5-15-14(7-12)25-20(27)29-15/h5-10H,11H2,1-4H3,(H2,29,30,31)(H2,23,24,25,26);4-9H,1-3H3,(H,25,27)(H2,22,23,24,26). The zero-order valence-corrected chi connectivity index (χ0v) is 36.3. The van der Waals surface area contributed by atoms with Crippen LogP contribution < -0.4 is 42.3 Å². The predicted molar refractivity (Wildman–Crippen MR) is 237 cm³/mol. The van der Waals surface area contributed by atoms with E-state index >= 15 is 0 Å². The number of phosphoric acid groups is 1. The van der Waals surface area contributed by atoms with Crippen LogP contribution in [0.1, 0.15) is 27.8 Å². The maximum Gasteiger partial charge on any atom is 0.471 e. The Morgan fingerprint density at radius 3 is 1.86 bits per heavy atom. The summed E-state index contributed by atoms with van der Waals surface area (Å²) >= 11 is 0. The molecule has 0 bridgehead atoms. The van der Waals surface area contributed by atoms with E-state index in [1.807, 2.05) is 39.8 Å². The molecular formula is C42H42FN10O10P. The molecule has 0 fully saturated rings. The highest BCUT2D eigenvalue weighted by atomic mass is 31.2. The van der Waals surface area contributed by atoms with Crippen LogP contribution in [0.5, 0.6) is 11.5 Å². The van der Waals surface area contributed by atoms with Gasteiger partial charge in [0.1, 0.15) is 24.1 Å². The molecule has 0 amide bonds. The van der Waals surface area contributed by atoms with Crippen molar-refractivity contribution in [2.24, 2.45) is 0 Å². The van der Waals surface area contributed by atoms with Crippen molar-refractivity contribution < 1.29 is 41.6 Å². The first kappa shape index (κ1) is 44.5. The lowest BCUT2D eigenvalue weighted by Gasteiger charge is -2.14. The van der Waals surface area contributed by atoms with Crippen LogP contribution in [0.15, 0.2) is 91.5 Å². The summed E-state index contributed by atoms with van der Waals surface area (Å²) in [6, 6.07) is 17.1. The summed E-state index contributed by atoms with van der Waals surface area (Å²) < 4.78 is 51.1. The number of aromatic amines is 1. The van der Waals surface area contributed by atoms with Crippen molar-refractivity contribution in [2.75, 3.05) is 35.5 Å². The van der Waals surface area contributed by atoms with Gasteiger partial charge in [0.15, 0.2) is 22.7 Å². The molecule has 4 aromatic carbocycles. The van der Waals surface area contributed by atoms with Crippen molar-refractivity contribution in [1.29, 1.82) is 0 Å². The number of H-pyrrole nitrogens is 1. The summed E-state index contributed by atoms with van der Waals surface area (Å²) in [6.45, 7) is 8.67. The number of oxazole rings is 2. The van der Waals surface area contributed by atoms with Gasteiger partial charge >= 0.3 is 19.3 Å². The highest BCUT2D eigenvalue weighted by Crippen LogP contribution is 2.37. The molecule has 20 nitrogen and oxygen atoms in total. The van der Waals surface area contributed by atoms with Crippen LogP contribution in [-0.4, -0.2) is 53.5 Å². The van der Waals surface area contributed by atoms with Gasteiger partial charge in [0.25, 0.3) is 0 Å². The summed E-state index contributed by atoms with van der Waals surface area (Å²) in [5, 5.41) is 12.6. The fourth-order valence-corrected chi connectivity index (χ4v) is 6.55. The first-order valence-electron chi connectivity index (χ1n) is 19.2. The highest BCUT2D eigenvalue weighted by molar-refractivity contribution is 7.46. The monoisotopic (exact) mass is 896 g/mol. The summed E-state index contributed by atoms with van der Waals surface area (Å²) in [5.74, 6) is 0.966. The van der Waals surface area contributed by atoms with Crippen LogP contribution in [0.25, 0.3) is 22.2 Å². The number of rotatable bonds is 13. The molecule has 8 rings (SSSR count). The quantitative estimate of drug-likeness (QED) is 0.0540. The fraction of sp³-hybridized carbons (Fsp3) is 0.190. The van der Waals surface area contributed by atoms with Gasteiger partial charge in [-0.25, -0.2) is 33.1 Å². The number of halogens is 1. The van der Waals surface area contributed by atoms with Crippen LogP contribution in [-0.2, 0) is 15.8 Å². The van der Waals surface area contributed by atoms with Gasteiger partial charge in [-0.05, 0) is 99.8 Å². The third-order valence-electron chi connectivity index (χ3n) is 9.70. The highest BCUT2D eigenvalue weighted by Gasteiger charge is 2.18. The number of aromatic nitrogens is 6. The Balaban J connectivity index is 0.000000195. The predicted octanol–water partition coefficient (Wildman–Crippen LogP) is 8.04. The zero-order valence-electron chi connectivity index (χ0n) is 35.4. The molecule has 4 aromatic heterocycles. The first-order chi connectivity index (χ1) is 30.5. The minimum absolute atomic E-state index is 0.139. The van der Waals surface area contributed by atoms with Gasteiger partial charge in [-0.2, -0.15) is 9.97 Å². The van der Waals surface area contributed by atoms with Crippen molar-refractivity contribution in [3.8, 4) is 11.5 Å². The second kappa shape index (κ2) is 18.4. The Bertz CT molecular complexity index is 3200. The number of hydrogen-bond acceptors (Lipinski definition) is 16. The number of phosphoric ester groups is 1. The number of fused-ring (bicyclic) bond motifs is 2. The van der Waals surface area contributed by atoms with Crippen LogP contribution in [0.2, 0.25) is 0 Å². The molecular weight excluding hydrogens is 854 g/mol. The van der Waals surface area contributed by atoms with Gasteiger partial charge in [0.05, 0.1) is 25.3 Å². The number of methoxy groups -OCH3 is 2. The summed E-state index contributed by atoms with van der Waals surface area (Å²) in [7, 11) is -1.74. The van der Waals surface area contributed by atoms with Crippen molar-refractivity contribution in [3.05, 3.63) is 128 Å². The molecule has 0 saturated heterocycles. The molecule has 0 saturated carbocycles. The van der Waals surface area contributed by atoms with E-state index in [1.54, 1.807) is 75.0 Å². The molecule has 0 spiro atoms. The Hall–Kier alpha value is -7.58. The average molecular weight is 897 g/mol. The Morgan fingerprint density at radius 2 is 1.27 bits per heavy atom. The topological polar surface area (TPSA) is 266 Å². The van der Waals surface area contributed by atoms with E-state index in [-0.39, 0.29) is 11.3 Å². The zero-order chi connectivity index (χ0) is 45.9. The smallest absolute Gasteiger partial charge is 0.471 e. The number of nitrogens with zero attached hydrogens (tertiary/aromatic N) is 5. The molecule has 7 N–H and O–H groups in total. The number of hydrogen-bond donors (Lipinski definition) is 7. The molecule has 0 unspecified atom stereocenters. The van der Waals surface area contributed by atoms with Gasteiger partial charge in [0, 0.05) is 58.4 Å². The average Bonchev–Trinajstić information content (AvgIpc) is 3.78. The lowest BCUT2D eigenvalue weighted by molar-refractivity contribution is 0.151. The fourth-order valence-electron chi connectivity index (χ4n) is 6.28. The molecule has 64 heavy (non-hydrogen) atoms. The summed E-state index contributed by atoms with van der Waals surface area (Å²) in [4.78, 5) is 61.6. The maximum atomic E-state index is 14.0. The number of ether oxygens (including phenoxy) is 2.